The van der Waals surface area contributed by atoms with Crippen LogP contribution in [0.4, 0.5) is 0 Å². The number of benzene rings is 1. The number of hydrogen-bond donors (Lipinski definition) is 1. The van der Waals surface area contributed by atoms with Crippen LogP contribution < -0.4 is 5.73 Å². The largest absolute Gasteiger partial charge is 0.335 e. The van der Waals surface area contributed by atoms with Crippen molar-refractivity contribution in [1.82, 2.24) is 14.9 Å². The quantitative estimate of drug-likeness (QED) is 0.940. The predicted octanol–water partition coefficient (Wildman–Crippen LogP) is 1.92. The van der Waals surface area contributed by atoms with Gasteiger partial charge >= 0.3 is 0 Å². The second-order valence-corrected chi connectivity index (χ2v) is 6.47. The lowest BCUT2D eigenvalue weighted by molar-refractivity contribution is 0.0783. The summed E-state index contributed by atoms with van der Waals surface area (Å²) in [4.78, 5) is 23.3. The molecule has 1 aromatic heterocycles. The maximum absolute atomic E-state index is 12.7. The zero-order chi connectivity index (χ0) is 15.8. The topological polar surface area (TPSA) is 72.1 Å². The lowest BCUT2D eigenvalue weighted by Gasteiger charge is -2.16. The maximum Gasteiger partial charge on any atom is 0.272 e. The van der Waals surface area contributed by atoms with Crippen LogP contribution in [0, 0.1) is 0 Å². The Labute approximate surface area is 135 Å². The van der Waals surface area contributed by atoms with Gasteiger partial charge in [-0.3, -0.25) is 4.79 Å². The summed E-state index contributed by atoms with van der Waals surface area (Å²) < 4.78 is 0. The highest BCUT2D eigenvalue weighted by atomic mass is 16.2. The van der Waals surface area contributed by atoms with E-state index in [1.807, 2.05) is 23.1 Å². The van der Waals surface area contributed by atoms with Crippen LogP contribution in [0.25, 0.3) is 0 Å². The van der Waals surface area contributed by atoms with Gasteiger partial charge in [-0.25, -0.2) is 9.97 Å². The summed E-state index contributed by atoms with van der Waals surface area (Å²) >= 11 is 0. The SMILES string of the molecule is N[C@@H]1CN(C(=O)c2ccnc(C3CC3)n2)C[C@H]1c1ccccc1. The fourth-order valence-electron chi connectivity index (χ4n) is 3.24. The highest BCUT2D eigenvalue weighted by Gasteiger charge is 2.35. The number of rotatable bonds is 3. The van der Waals surface area contributed by atoms with Crippen molar-refractivity contribution in [3.63, 3.8) is 0 Å². The Morgan fingerprint density at radius 1 is 1.13 bits per heavy atom. The molecule has 1 saturated heterocycles. The van der Waals surface area contributed by atoms with Crippen molar-refractivity contribution in [2.24, 2.45) is 5.73 Å². The number of nitrogens with zero attached hydrogens (tertiary/aromatic N) is 3. The van der Waals surface area contributed by atoms with E-state index in [1.165, 1.54) is 5.56 Å². The molecule has 0 bridgehead atoms. The Kier molecular flexibility index (Phi) is 3.58. The van der Waals surface area contributed by atoms with Crippen LogP contribution >= 0.6 is 0 Å². The average Bonchev–Trinajstić information content (AvgIpc) is 3.37. The number of likely N-dealkylation sites (tertiary alicyclic amines) is 1. The van der Waals surface area contributed by atoms with E-state index in [2.05, 4.69) is 22.1 Å². The van der Waals surface area contributed by atoms with Crippen LogP contribution in [-0.4, -0.2) is 39.9 Å². The van der Waals surface area contributed by atoms with Crippen molar-refractivity contribution in [2.45, 2.75) is 30.7 Å². The number of hydrogen-bond acceptors (Lipinski definition) is 4. The fraction of sp³-hybridized carbons (Fsp3) is 0.389. The summed E-state index contributed by atoms with van der Waals surface area (Å²) in [6.07, 6.45) is 3.95. The number of nitrogens with two attached hydrogens (primary N) is 1. The fourth-order valence-corrected chi connectivity index (χ4v) is 3.24. The van der Waals surface area contributed by atoms with Gasteiger partial charge in [0.1, 0.15) is 11.5 Å². The van der Waals surface area contributed by atoms with Crippen LogP contribution in [0.15, 0.2) is 42.6 Å². The second-order valence-electron chi connectivity index (χ2n) is 6.47. The lowest BCUT2D eigenvalue weighted by Crippen LogP contribution is -2.32. The van der Waals surface area contributed by atoms with Crippen molar-refractivity contribution in [1.29, 1.82) is 0 Å². The minimum Gasteiger partial charge on any atom is -0.335 e. The molecule has 0 unspecified atom stereocenters. The molecule has 1 aliphatic heterocycles. The van der Waals surface area contributed by atoms with E-state index in [1.54, 1.807) is 12.3 Å². The smallest absolute Gasteiger partial charge is 0.272 e. The molecule has 5 nitrogen and oxygen atoms in total. The summed E-state index contributed by atoms with van der Waals surface area (Å²) in [6, 6.07) is 11.8. The Hall–Kier alpha value is -2.27. The summed E-state index contributed by atoms with van der Waals surface area (Å²) in [5.41, 5.74) is 7.96. The first-order valence-electron chi connectivity index (χ1n) is 8.15. The van der Waals surface area contributed by atoms with Gasteiger partial charge in [0.2, 0.25) is 0 Å². The van der Waals surface area contributed by atoms with Gasteiger partial charge in [0.25, 0.3) is 5.91 Å². The van der Waals surface area contributed by atoms with Crippen LogP contribution in [0.5, 0.6) is 0 Å². The molecule has 1 saturated carbocycles. The molecule has 23 heavy (non-hydrogen) atoms. The van der Waals surface area contributed by atoms with Gasteiger partial charge in [0, 0.05) is 37.2 Å². The number of carbonyl (C=O) groups excluding carboxylic acids is 1. The van der Waals surface area contributed by atoms with Crippen molar-refractivity contribution in [3.8, 4) is 0 Å². The summed E-state index contributed by atoms with van der Waals surface area (Å²) in [5.74, 6) is 1.40. The van der Waals surface area contributed by atoms with Crippen LogP contribution in [0.1, 0.15) is 46.6 Å². The average molecular weight is 308 g/mol. The van der Waals surface area contributed by atoms with E-state index >= 15 is 0 Å². The van der Waals surface area contributed by atoms with Gasteiger partial charge in [-0.1, -0.05) is 30.3 Å². The van der Waals surface area contributed by atoms with E-state index in [9.17, 15) is 4.79 Å². The highest BCUT2D eigenvalue weighted by Crippen LogP contribution is 2.37. The van der Waals surface area contributed by atoms with Crippen LogP contribution in [0.3, 0.4) is 0 Å². The standard InChI is InChI=1S/C18H20N4O/c19-15-11-22(10-14(15)12-4-2-1-3-5-12)18(23)16-8-9-20-17(21-16)13-6-7-13/h1-5,8-9,13-15H,6-7,10-11,19H2/t14-,15+/m0/s1. The Balaban J connectivity index is 1.52. The van der Waals surface area contributed by atoms with Gasteiger partial charge in [-0.15, -0.1) is 0 Å². The molecule has 2 N–H and O–H groups in total. The van der Waals surface area contributed by atoms with E-state index in [4.69, 9.17) is 5.73 Å². The monoisotopic (exact) mass is 308 g/mol. The maximum atomic E-state index is 12.7. The summed E-state index contributed by atoms with van der Waals surface area (Å²) in [5, 5.41) is 0. The molecule has 1 amide bonds. The van der Waals surface area contributed by atoms with Crippen LogP contribution in [-0.2, 0) is 0 Å². The molecule has 0 radical (unpaired) electrons. The van der Waals surface area contributed by atoms with E-state index < -0.39 is 0 Å². The van der Waals surface area contributed by atoms with Crippen molar-refractivity contribution in [3.05, 3.63) is 59.7 Å². The summed E-state index contributed by atoms with van der Waals surface area (Å²) in [7, 11) is 0. The number of aromatic nitrogens is 2. The van der Waals surface area contributed by atoms with Crippen molar-refractivity contribution in [2.75, 3.05) is 13.1 Å². The Morgan fingerprint density at radius 3 is 2.65 bits per heavy atom. The zero-order valence-electron chi connectivity index (χ0n) is 12.9. The molecule has 5 heteroatoms. The van der Waals surface area contributed by atoms with E-state index in [-0.39, 0.29) is 17.9 Å². The molecular weight excluding hydrogens is 288 g/mol. The van der Waals surface area contributed by atoms with Crippen molar-refractivity contribution >= 4 is 5.91 Å². The first-order chi connectivity index (χ1) is 11.2. The molecule has 1 aromatic carbocycles. The number of carbonyl (C=O) groups is 1. The van der Waals surface area contributed by atoms with Crippen molar-refractivity contribution < 1.29 is 4.79 Å². The third-order valence-electron chi connectivity index (χ3n) is 4.72. The van der Waals surface area contributed by atoms with E-state index in [0.29, 0.717) is 24.7 Å². The van der Waals surface area contributed by atoms with Gasteiger partial charge < -0.3 is 10.6 Å². The zero-order valence-corrected chi connectivity index (χ0v) is 12.9. The Bertz CT molecular complexity index is 714. The summed E-state index contributed by atoms with van der Waals surface area (Å²) in [6.45, 7) is 1.22. The molecule has 2 fully saturated rings. The molecule has 2 aromatic rings. The second kappa shape index (κ2) is 5.74. The molecule has 4 rings (SSSR count). The molecule has 2 aliphatic rings. The van der Waals surface area contributed by atoms with Gasteiger partial charge in [-0.05, 0) is 24.5 Å². The van der Waals surface area contributed by atoms with Gasteiger partial charge in [-0.2, -0.15) is 0 Å². The molecule has 0 spiro atoms. The molecule has 1 aliphatic carbocycles. The minimum absolute atomic E-state index is 0.0360. The molecule has 118 valence electrons. The first-order valence-corrected chi connectivity index (χ1v) is 8.15. The molecule has 2 atom stereocenters. The van der Waals surface area contributed by atoms with Gasteiger partial charge in [0.15, 0.2) is 0 Å². The number of amides is 1. The lowest BCUT2D eigenvalue weighted by atomic mass is 9.95. The third-order valence-corrected chi connectivity index (χ3v) is 4.72. The Morgan fingerprint density at radius 2 is 1.91 bits per heavy atom. The molecule has 2 heterocycles. The van der Waals surface area contributed by atoms with Gasteiger partial charge in [0.05, 0.1) is 0 Å². The normalized spacial score (nSPS) is 24.0. The van der Waals surface area contributed by atoms with Crippen LogP contribution in [0.2, 0.25) is 0 Å². The third kappa shape index (κ3) is 2.84. The first kappa shape index (κ1) is 14.3. The molecular formula is C18H20N4O. The highest BCUT2D eigenvalue weighted by molar-refractivity contribution is 5.92. The van der Waals surface area contributed by atoms with E-state index in [0.717, 1.165) is 18.7 Å². The predicted molar refractivity (Wildman–Crippen MR) is 87.1 cm³/mol. The minimum atomic E-state index is -0.0387.